The quantitative estimate of drug-likeness (QED) is 0.534. The van der Waals surface area contributed by atoms with Gasteiger partial charge in [0.2, 0.25) is 5.91 Å². The van der Waals surface area contributed by atoms with E-state index in [1.165, 1.54) is 10.9 Å². The monoisotopic (exact) mass is 404 g/mol. The molecule has 146 valence electrons. The predicted molar refractivity (Wildman–Crippen MR) is 115 cm³/mol. The Morgan fingerprint density at radius 2 is 1.90 bits per heavy atom. The van der Waals surface area contributed by atoms with Crippen molar-refractivity contribution in [2.24, 2.45) is 0 Å². The van der Waals surface area contributed by atoms with Gasteiger partial charge in [0.15, 0.2) is 0 Å². The molecule has 0 spiro atoms. The molecule has 2 heterocycles. The average molecular weight is 404 g/mol. The van der Waals surface area contributed by atoms with Gasteiger partial charge in [-0.2, -0.15) is 0 Å². The fourth-order valence-corrected chi connectivity index (χ4v) is 3.90. The van der Waals surface area contributed by atoms with Crippen LogP contribution in [-0.4, -0.2) is 27.0 Å². The first-order valence-corrected chi connectivity index (χ1v) is 10.2. The summed E-state index contributed by atoms with van der Waals surface area (Å²) in [5.74, 6) is -0.218. The number of carbonyl (C=O) groups is 1. The van der Waals surface area contributed by atoms with Gasteiger partial charge in [-0.15, -0.1) is 11.3 Å². The van der Waals surface area contributed by atoms with E-state index in [1.807, 2.05) is 41.8 Å². The van der Waals surface area contributed by atoms with E-state index >= 15 is 0 Å². The highest BCUT2D eigenvalue weighted by Gasteiger charge is 2.17. The van der Waals surface area contributed by atoms with E-state index in [-0.39, 0.29) is 11.5 Å². The van der Waals surface area contributed by atoms with Crippen molar-refractivity contribution >= 4 is 28.1 Å². The molecule has 29 heavy (non-hydrogen) atoms. The lowest BCUT2D eigenvalue weighted by molar-refractivity contribution is -0.123. The molecular formula is C22H20N4O2S. The second-order valence-electron chi connectivity index (χ2n) is 6.68. The fourth-order valence-electron chi connectivity index (χ4n) is 3.09. The molecule has 0 radical (unpaired) electrons. The van der Waals surface area contributed by atoms with Gasteiger partial charge in [-0.05, 0) is 19.1 Å². The lowest BCUT2D eigenvalue weighted by Crippen LogP contribution is -2.36. The van der Waals surface area contributed by atoms with Crippen LogP contribution in [0.4, 0.5) is 0 Å². The number of amides is 1. The normalized spacial score (nSPS) is 12.0. The third kappa shape index (κ3) is 4.09. The average Bonchev–Trinajstić information content (AvgIpc) is 3.23. The highest BCUT2D eigenvalue weighted by Crippen LogP contribution is 2.21. The predicted octanol–water partition coefficient (Wildman–Crippen LogP) is 3.44. The van der Waals surface area contributed by atoms with Crippen molar-refractivity contribution in [2.75, 3.05) is 6.54 Å². The number of hydrogen-bond donors (Lipinski definition) is 1. The minimum atomic E-state index is -0.643. The van der Waals surface area contributed by atoms with Crippen LogP contribution in [0.2, 0.25) is 0 Å². The molecule has 1 atom stereocenters. The van der Waals surface area contributed by atoms with Crippen LogP contribution in [0.1, 0.15) is 18.0 Å². The molecule has 0 unspecified atom stereocenters. The number of benzene rings is 2. The summed E-state index contributed by atoms with van der Waals surface area (Å²) in [5, 5.41) is 6.38. The summed E-state index contributed by atoms with van der Waals surface area (Å²) in [4.78, 5) is 34.1. The lowest BCUT2D eigenvalue weighted by Gasteiger charge is -2.15. The third-order valence-electron chi connectivity index (χ3n) is 4.75. The molecule has 0 aliphatic carbocycles. The number of nitrogens with zero attached hydrogens (tertiary/aromatic N) is 3. The summed E-state index contributed by atoms with van der Waals surface area (Å²) in [6.07, 6.45) is 2.07. The molecule has 0 aliphatic rings. The van der Waals surface area contributed by atoms with Crippen LogP contribution in [0, 0.1) is 0 Å². The number of aromatic nitrogens is 3. The van der Waals surface area contributed by atoms with Gasteiger partial charge in [-0.3, -0.25) is 14.2 Å². The number of hydrogen-bond acceptors (Lipinski definition) is 5. The van der Waals surface area contributed by atoms with Gasteiger partial charge in [0, 0.05) is 23.9 Å². The fraction of sp³-hybridized carbons (Fsp3) is 0.182. The van der Waals surface area contributed by atoms with Gasteiger partial charge in [-0.1, -0.05) is 42.5 Å². The Bertz CT molecular complexity index is 1200. The van der Waals surface area contributed by atoms with Gasteiger partial charge < -0.3 is 5.32 Å². The maximum atomic E-state index is 12.6. The molecule has 2 aromatic heterocycles. The Balaban J connectivity index is 1.38. The second kappa shape index (κ2) is 8.36. The largest absolute Gasteiger partial charge is 0.354 e. The number of carbonyl (C=O) groups excluding carboxylic acids is 1. The number of thiazole rings is 1. The van der Waals surface area contributed by atoms with Crippen LogP contribution in [0.5, 0.6) is 0 Å². The van der Waals surface area contributed by atoms with Crippen molar-refractivity contribution < 1.29 is 4.79 Å². The van der Waals surface area contributed by atoms with E-state index < -0.39 is 6.04 Å². The van der Waals surface area contributed by atoms with Gasteiger partial charge in [-0.25, -0.2) is 9.97 Å². The van der Waals surface area contributed by atoms with Crippen LogP contribution in [-0.2, 0) is 11.2 Å². The van der Waals surface area contributed by atoms with Crippen molar-refractivity contribution in [1.29, 1.82) is 0 Å². The standard InChI is InChI=1S/C22H20N4O2S/c1-15(26-14-24-18-10-6-5-9-17(18)22(26)28)21(27)23-12-11-20-25-19(13-29-20)16-7-3-2-4-8-16/h2-10,13-15H,11-12H2,1H3,(H,23,27)/t15-/m0/s1. The van der Waals surface area contributed by atoms with E-state index in [1.54, 1.807) is 36.5 Å². The van der Waals surface area contributed by atoms with E-state index in [4.69, 9.17) is 0 Å². The first-order valence-electron chi connectivity index (χ1n) is 9.37. The smallest absolute Gasteiger partial charge is 0.261 e. The zero-order chi connectivity index (χ0) is 20.2. The summed E-state index contributed by atoms with van der Waals surface area (Å²) >= 11 is 1.58. The molecule has 6 nitrogen and oxygen atoms in total. The Hall–Kier alpha value is -3.32. The van der Waals surface area contributed by atoms with Crippen LogP contribution >= 0.6 is 11.3 Å². The third-order valence-corrected chi connectivity index (χ3v) is 5.65. The molecule has 1 N–H and O–H groups in total. The van der Waals surface area contributed by atoms with Gasteiger partial charge in [0.1, 0.15) is 6.04 Å². The summed E-state index contributed by atoms with van der Waals surface area (Å²) in [5.41, 5.74) is 2.43. The number of para-hydroxylation sites is 1. The Labute approximate surface area is 171 Å². The summed E-state index contributed by atoms with van der Waals surface area (Å²) in [7, 11) is 0. The van der Waals surface area contributed by atoms with E-state index in [0.717, 1.165) is 16.3 Å². The van der Waals surface area contributed by atoms with E-state index in [9.17, 15) is 9.59 Å². The van der Waals surface area contributed by atoms with E-state index in [2.05, 4.69) is 15.3 Å². The highest BCUT2D eigenvalue weighted by molar-refractivity contribution is 7.09. The van der Waals surface area contributed by atoms with Gasteiger partial charge >= 0.3 is 0 Å². The zero-order valence-corrected chi connectivity index (χ0v) is 16.7. The van der Waals surface area contributed by atoms with E-state index in [0.29, 0.717) is 23.9 Å². The maximum Gasteiger partial charge on any atom is 0.261 e. The molecule has 0 aliphatic heterocycles. The molecular weight excluding hydrogens is 384 g/mol. The molecule has 1 amide bonds. The number of fused-ring (bicyclic) bond motifs is 1. The highest BCUT2D eigenvalue weighted by atomic mass is 32.1. The Kier molecular flexibility index (Phi) is 5.48. The molecule has 4 rings (SSSR count). The van der Waals surface area contributed by atoms with Crippen LogP contribution < -0.4 is 10.9 Å². The molecule has 0 saturated heterocycles. The Morgan fingerprint density at radius 3 is 2.72 bits per heavy atom. The lowest BCUT2D eigenvalue weighted by atomic mass is 10.2. The molecule has 7 heteroatoms. The van der Waals surface area contributed by atoms with Gasteiger partial charge in [0.25, 0.3) is 5.56 Å². The molecule has 0 fully saturated rings. The van der Waals surface area contributed by atoms with Crippen molar-refractivity contribution in [1.82, 2.24) is 19.9 Å². The summed E-state index contributed by atoms with van der Waals surface area (Å²) < 4.78 is 1.37. The Morgan fingerprint density at radius 1 is 1.14 bits per heavy atom. The molecule has 4 aromatic rings. The van der Waals surface area contributed by atoms with Crippen molar-refractivity contribution in [2.45, 2.75) is 19.4 Å². The molecule has 0 saturated carbocycles. The second-order valence-corrected chi connectivity index (χ2v) is 7.63. The maximum absolute atomic E-state index is 12.6. The van der Waals surface area contributed by atoms with Crippen LogP contribution in [0.25, 0.3) is 22.2 Å². The summed E-state index contributed by atoms with van der Waals surface area (Å²) in [6, 6.07) is 16.5. The van der Waals surface area contributed by atoms with Crippen molar-refractivity contribution in [3.63, 3.8) is 0 Å². The van der Waals surface area contributed by atoms with Crippen LogP contribution in [0.15, 0.2) is 71.1 Å². The summed E-state index contributed by atoms with van der Waals surface area (Å²) in [6.45, 7) is 2.16. The topological polar surface area (TPSA) is 76.9 Å². The SMILES string of the molecule is C[C@@H](C(=O)NCCc1nc(-c2ccccc2)cs1)n1cnc2ccccc2c1=O. The van der Waals surface area contributed by atoms with Gasteiger partial charge in [0.05, 0.1) is 27.9 Å². The minimum Gasteiger partial charge on any atom is -0.354 e. The molecule has 0 bridgehead atoms. The first kappa shape index (κ1) is 19.0. The van der Waals surface area contributed by atoms with Crippen LogP contribution in [0.3, 0.4) is 0 Å². The number of nitrogens with one attached hydrogen (secondary N) is 1. The van der Waals surface area contributed by atoms with Crippen molar-refractivity contribution in [3.05, 3.63) is 81.7 Å². The molecule has 2 aromatic carbocycles. The number of rotatable bonds is 6. The zero-order valence-electron chi connectivity index (χ0n) is 15.9. The minimum absolute atomic E-state index is 0.217. The van der Waals surface area contributed by atoms with Crippen molar-refractivity contribution in [3.8, 4) is 11.3 Å². The first-order chi connectivity index (χ1) is 14.1.